The molecule has 3 aliphatic heterocycles. The Balaban J connectivity index is 0.000000157. The van der Waals surface area contributed by atoms with Crippen molar-refractivity contribution in [2.45, 2.75) is 140 Å². The number of hydrogen-bond acceptors (Lipinski definition) is 9. The molecule has 13 nitrogen and oxygen atoms in total. The van der Waals surface area contributed by atoms with Gasteiger partial charge in [0.2, 0.25) is 17.1 Å². The van der Waals surface area contributed by atoms with Crippen molar-refractivity contribution in [3.8, 4) is 0 Å². The van der Waals surface area contributed by atoms with E-state index in [1.54, 1.807) is 15.3 Å². The van der Waals surface area contributed by atoms with Gasteiger partial charge in [-0.15, -0.1) is 5.10 Å². The van der Waals surface area contributed by atoms with Gasteiger partial charge in [0.05, 0.1) is 12.4 Å². The molecule has 0 N–H and O–H groups in total. The molecule has 320 valence electrons. The second-order valence-electron chi connectivity index (χ2n) is 16.4. The van der Waals surface area contributed by atoms with E-state index in [1.165, 1.54) is 28.1 Å². The van der Waals surface area contributed by atoms with Gasteiger partial charge in [0.1, 0.15) is 17.5 Å². The maximum absolute atomic E-state index is 13.4. The first-order valence-electron chi connectivity index (χ1n) is 21.0. The van der Waals surface area contributed by atoms with Crippen molar-refractivity contribution in [1.82, 2.24) is 38.3 Å². The number of aryl methyl sites for hydroxylation is 1. The Morgan fingerprint density at radius 2 is 1.05 bits per heavy atom. The molecule has 0 amide bonds. The average molecular weight is 839 g/mol. The van der Waals surface area contributed by atoms with Crippen molar-refractivity contribution in [2.75, 3.05) is 39.6 Å². The van der Waals surface area contributed by atoms with E-state index in [-0.39, 0.29) is 65.8 Å². The van der Waals surface area contributed by atoms with E-state index in [0.717, 1.165) is 50.5 Å². The van der Waals surface area contributed by atoms with Crippen LogP contribution in [0.25, 0.3) is 11.0 Å². The topological polar surface area (TPSA) is 132 Å². The molecule has 0 spiro atoms. The van der Waals surface area contributed by atoms with E-state index in [2.05, 4.69) is 15.1 Å². The van der Waals surface area contributed by atoms with E-state index in [0.29, 0.717) is 88.5 Å². The normalized spacial score (nSPS) is 22.1. The molecule has 2 aliphatic carbocycles. The maximum Gasteiger partial charge on any atom is 0.280 e. The van der Waals surface area contributed by atoms with Crippen LogP contribution in [-0.4, -0.2) is 89.8 Å². The number of nitrogens with zero attached hydrogens (tertiary/aromatic N) is 8. The molecule has 7 heterocycles. The van der Waals surface area contributed by atoms with Gasteiger partial charge in [0, 0.05) is 96.7 Å². The van der Waals surface area contributed by atoms with Crippen molar-refractivity contribution >= 4 is 22.6 Å². The fraction of sp³-hybridized carbons (Fsp3) is 0.750. The number of aromatic nitrogens is 8. The van der Waals surface area contributed by atoms with E-state index in [9.17, 15) is 27.2 Å². The predicted octanol–water partition coefficient (Wildman–Crippen LogP) is 7.23. The van der Waals surface area contributed by atoms with E-state index < -0.39 is 11.8 Å². The van der Waals surface area contributed by atoms with Gasteiger partial charge in [-0.05, 0) is 87.6 Å². The summed E-state index contributed by atoms with van der Waals surface area (Å²) in [4.78, 5) is 34.8. The van der Waals surface area contributed by atoms with Crippen LogP contribution in [0.1, 0.15) is 126 Å². The molecule has 4 aromatic heterocycles. The largest absolute Gasteiger partial charge is 0.381 e. The second-order valence-corrected chi connectivity index (χ2v) is 16.7. The Morgan fingerprint density at radius 1 is 0.638 bits per heavy atom. The first-order valence-corrected chi connectivity index (χ1v) is 21.4. The van der Waals surface area contributed by atoms with Gasteiger partial charge in [-0.1, -0.05) is 6.92 Å². The van der Waals surface area contributed by atoms with Crippen molar-refractivity contribution in [3.63, 3.8) is 0 Å². The zero-order valence-corrected chi connectivity index (χ0v) is 34.0. The molecule has 0 unspecified atom stereocenters. The zero-order valence-electron chi connectivity index (χ0n) is 33.2. The maximum atomic E-state index is 13.4. The van der Waals surface area contributed by atoms with Crippen LogP contribution in [0.15, 0.2) is 22.0 Å². The number of halogens is 5. The van der Waals surface area contributed by atoms with E-state index >= 15 is 0 Å². The lowest BCUT2D eigenvalue weighted by Crippen LogP contribution is -2.33. The van der Waals surface area contributed by atoms with Crippen LogP contribution in [0.3, 0.4) is 0 Å². The van der Waals surface area contributed by atoms with Gasteiger partial charge in [0.15, 0.2) is 11.0 Å². The Morgan fingerprint density at radius 3 is 1.48 bits per heavy atom. The lowest BCUT2D eigenvalue weighted by atomic mass is 9.86. The van der Waals surface area contributed by atoms with Crippen LogP contribution in [0, 0.1) is 11.8 Å². The Hall–Kier alpha value is -3.41. The summed E-state index contributed by atoms with van der Waals surface area (Å²) in [6.45, 7) is 7.46. The molecule has 9 rings (SSSR count). The third kappa shape index (κ3) is 10.1. The molecule has 4 aromatic rings. The van der Waals surface area contributed by atoms with Gasteiger partial charge < -0.3 is 14.2 Å². The van der Waals surface area contributed by atoms with Crippen molar-refractivity contribution in [1.29, 1.82) is 0 Å². The van der Waals surface area contributed by atoms with Gasteiger partial charge in [-0.2, -0.15) is 5.10 Å². The smallest absolute Gasteiger partial charge is 0.280 e. The van der Waals surface area contributed by atoms with Crippen molar-refractivity contribution in [2.24, 2.45) is 11.8 Å². The highest BCUT2D eigenvalue weighted by atomic mass is 35.5. The predicted molar refractivity (Wildman–Crippen MR) is 208 cm³/mol. The standard InChI is InChI=1S/C19H26F2N4O2.C17H21ClF2N4O2.C4H8O/c1-2-16-23-25-15(11-22-17(25)14-5-9-27-10-6-14)18(26)24(16)12-13-3-7-19(20,21)8-4-13;18-16-22-24-13(9-21-14(24)12-3-7-26-8-4-12)15(25)23(16)10-11-1-5-17(19,20)6-2-11;1-2-4-5-3-1/h11,13-14H,2-10,12H2,1H3;9,11-12H,1-8,10H2;1-4H2. The van der Waals surface area contributed by atoms with Crippen LogP contribution in [-0.2, 0) is 33.7 Å². The number of hydrogen-bond donors (Lipinski definition) is 0. The van der Waals surface area contributed by atoms with Gasteiger partial charge in [0.25, 0.3) is 11.1 Å². The number of imidazole rings is 2. The summed E-state index contributed by atoms with van der Waals surface area (Å²) in [6, 6.07) is 0. The lowest BCUT2D eigenvalue weighted by molar-refractivity contribution is -0.0479. The van der Waals surface area contributed by atoms with Crippen LogP contribution < -0.4 is 11.1 Å². The molecular formula is C40H55ClF4N8O5. The van der Waals surface area contributed by atoms with E-state index in [1.807, 2.05) is 6.92 Å². The first kappa shape index (κ1) is 42.7. The molecule has 5 fully saturated rings. The molecule has 5 aliphatic rings. The quantitative estimate of drug-likeness (QED) is 0.177. The third-order valence-corrected chi connectivity index (χ3v) is 12.5. The van der Waals surface area contributed by atoms with Gasteiger partial charge >= 0.3 is 0 Å². The highest BCUT2D eigenvalue weighted by Crippen LogP contribution is 2.38. The number of fused-ring (bicyclic) bond motifs is 2. The van der Waals surface area contributed by atoms with Gasteiger partial charge in [-0.3, -0.25) is 18.7 Å². The molecule has 3 saturated heterocycles. The summed E-state index contributed by atoms with van der Waals surface area (Å²) in [5, 5.41) is 9.15. The summed E-state index contributed by atoms with van der Waals surface area (Å²) >= 11 is 6.28. The lowest BCUT2D eigenvalue weighted by Gasteiger charge is -2.29. The molecule has 2 saturated carbocycles. The average Bonchev–Trinajstić information content (AvgIpc) is 4.03. The third-order valence-electron chi connectivity index (χ3n) is 12.3. The Labute approximate surface area is 339 Å². The SMILES string of the molecule is C1CCOC1.CCc1nn2c(C3CCOCC3)ncc2c(=O)n1CC1CCC(F)(F)CC1.O=c1c2cnc(C3CCOCC3)n2nc(Cl)n1CC1CCC(F)(F)CC1. The highest BCUT2D eigenvalue weighted by molar-refractivity contribution is 6.28. The van der Waals surface area contributed by atoms with Crippen LogP contribution in [0.5, 0.6) is 0 Å². The monoisotopic (exact) mass is 838 g/mol. The minimum Gasteiger partial charge on any atom is -0.381 e. The minimum atomic E-state index is -2.59. The Kier molecular flexibility index (Phi) is 13.9. The minimum absolute atomic E-state index is 0.00644. The van der Waals surface area contributed by atoms with E-state index in [4.69, 9.17) is 30.9 Å². The molecule has 0 radical (unpaired) electrons. The fourth-order valence-corrected chi connectivity index (χ4v) is 8.89. The van der Waals surface area contributed by atoms with Crippen LogP contribution >= 0.6 is 11.6 Å². The molecule has 18 heteroatoms. The van der Waals surface area contributed by atoms with Gasteiger partial charge in [-0.25, -0.2) is 36.6 Å². The summed E-state index contributed by atoms with van der Waals surface area (Å²) < 4.78 is 75.6. The summed E-state index contributed by atoms with van der Waals surface area (Å²) in [7, 11) is 0. The second kappa shape index (κ2) is 18.9. The summed E-state index contributed by atoms with van der Waals surface area (Å²) in [6.07, 6.45) is 10.9. The van der Waals surface area contributed by atoms with Crippen molar-refractivity contribution < 1.29 is 31.8 Å². The number of alkyl halides is 4. The Bertz CT molecular complexity index is 2080. The van der Waals surface area contributed by atoms with Crippen LogP contribution in [0.4, 0.5) is 17.6 Å². The molecular weight excluding hydrogens is 784 g/mol. The summed E-state index contributed by atoms with van der Waals surface area (Å²) in [5.41, 5.74) is 0.449. The van der Waals surface area contributed by atoms with Crippen LogP contribution in [0.2, 0.25) is 5.28 Å². The highest BCUT2D eigenvalue weighted by Gasteiger charge is 2.37. The summed E-state index contributed by atoms with van der Waals surface area (Å²) in [5.74, 6) is -2.37. The fourth-order valence-electron chi connectivity index (χ4n) is 8.67. The molecule has 0 atom stereocenters. The molecule has 0 bridgehead atoms. The number of rotatable bonds is 7. The zero-order chi connectivity index (χ0) is 40.9. The molecule has 0 aromatic carbocycles. The van der Waals surface area contributed by atoms with Crippen molar-refractivity contribution in [3.05, 3.63) is 55.9 Å². The molecule has 58 heavy (non-hydrogen) atoms. The number of ether oxygens (including phenoxy) is 3. The first-order chi connectivity index (χ1) is 27.9.